The summed E-state index contributed by atoms with van der Waals surface area (Å²) in [7, 11) is 1.75. The molecular weight excluding hydrogens is 345 g/mol. The third-order valence-electron chi connectivity index (χ3n) is 4.69. The van der Waals surface area contributed by atoms with E-state index in [1.54, 1.807) is 30.5 Å². The van der Waals surface area contributed by atoms with Crippen molar-refractivity contribution in [3.8, 4) is 0 Å². The maximum absolute atomic E-state index is 13.4. The van der Waals surface area contributed by atoms with E-state index < -0.39 is 0 Å². The largest absolute Gasteiger partial charge is 0.357 e. The monoisotopic (exact) mass is 371 g/mol. The van der Waals surface area contributed by atoms with Gasteiger partial charge in [-0.3, -0.25) is 0 Å². The maximum Gasteiger partial charge on any atom is 0.317 e. The Morgan fingerprint density at radius 2 is 2.15 bits per heavy atom. The standard InChI is InChI=1S/C20H26FN5O/c1-20(2,3)18(12-26-8-7-22-13-26)24-19(27)25(4)11-16-10-14-9-15(21)5-6-17(14)23-16/h5-10,13,18,23H,11-12H2,1-4H3,(H,24,27)/t18-/m1/s1. The van der Waals surface area contributed by atoms with Gasteiger partial charge in [-0.05, 0) is 29.7 Å². The number of rotatable bonds is 5. The number of halogens is 1. The molecule has 0 unspecified atom stereocenters. The Bertz CT molecular complexity index is 910. The summed E-state index contributed by atoms with van der Waals surface area (Å²) >= 11 is 0. The molecule has 2 heterocycles. The van der Waals surface area contributed by atoms with Crippen molar-refractivity contribution in [2.24, 2.45) is 5.41 Å². The summed E-state index contributed by atoms with van der Waals surface area (Å²) in [5, 5.41) is 3.92. The summed E-state index contributed by atoms with van der Waals surface area (Å²) in [5.41, 5.74) is 1.60. The minimum atomic E-state index is -0.272. The molecule has 2 aromatic heterocycles. The van der Waals surface area contributed by atoms with Gasteiger partial charge in [0.05, 0.1) is 18.9 Å². The molecule has 0 bridgehead atoms. The number of benzene rings is 1. The molecule has 0 saturated carbocycles. The van der Waals surface area contributed by atoms with E-state index in [0.29, 0.717) is 13.1 Å². The average molecular weight is 371 g/mol. The molecule has 3 aromatic rings. The van der Waals surface area contributed by atoms with Crippen molar-refractivity contribution >= 4 is 16.9 Å². The van der Waals surface area contributed by atoms with E-state index in [0.717, 1.165) is 16.6 Å². The number of hydrogen-bond donors (Lipinski definition) is 2. The van der Waals surface area contributed by atoms with E-state index in [-0.39, 0.29) is 23.3 Å². The minimum absolute atomic E-state index is 0.0570. The molecule has 3 rings (SSSR count). The zero-order valence-corrected chi connectivity index (χ0v) is 16.2. The van der Waals surface area contributed by atoms with Crippen molar-refractivity contribution in [1.29, 1.82) is 0 Å². The summed E-state index contributed by atoms with van der Waals surface area (Å²) in [5.74, 6) is -0.272. The van der Waals surface area contributed by atoms with Crippen LogP contribution in [0.5, 0.6) is 0 Å². The lowest BCUT2D eigenvalue weighted by Crippen LogP contribution is -2.50. The molecule has 1 aromatic carbocycles. The summed E-state index contributed by atoms with van der Waals surface area (Å²) in [6, 6.07) is 6.27. The van der Waals surface area contributed by atoms with Crippen LogP contribution in [0.1, 0.15) is 26.5 Å². The van der Waals surface area contributed by atoms with Crippen LogP contribution in [-0.4, -0.2) is 38.6 Å². The fraction of sp³-hybridized carbons (Fsp3) is 0.400. The Kier molecular flexibility index (Phi) is 5.21. The first-order chi connectivity index (χ1) is 12.7. The Morgan fingerprint density at radius 3 is 2.81 bits per heavy atom. The molecule has 0 aliphatic heterocycles. The fourth-order valence-electron chi connectivity index (χ4n) is 2.98. The number of urea groups is 1. The lowest BCUT2D eigenvalue weighted by molar-refractivity contribution is 0.181. The maximum atomic E-state index is 13.4. The molecule has 1 atom stereocenters. The number of carbonyl (C=O) groups is 1. The summed E-state index contributed by atoms with van der Waals surface area (Å²) < 4.78 is 15.3. The van der Waals surface area contributed by atoms with Gasteiger partial charge < -0.3 is 19.8 Å². The number of nitrogens with zero attached hydrogens (tertiary/aromatic N) is 3. The number of nitrogens with one attached hydrogen (secondary N) is 2. The van der Waals surface area contributed by atoms with Crippen LogP contribution in [0.2, 0.25) is 0 Å². The number of aromatic nitrogens is 3. The Morgan fingerprint density at radius 1 is 1.37 bits per heavy atom. The van der Waals surface area contributed by atoms with Crippen molar-refractivity contribution in [1.82, 2.24) is 24.8 Å². The van der Waals surface area contributed by atoms with Crippen molar-refractivity contribution in [2.45, 2.75) is 39.9 Å². The van der Waals surface area contributed by atoms with Gasteiger partial charge in [-0.1, -0.05) is 20.8 Å². The fourth-order valence-corrected chi connectivity index (χ4v) is 2.98. The molecule has 6 nitrogen and oxygen atoms in total. The third-order valence-corrected chi connectivity index (χ3v) is 4.69. The predicted molar refractivity (Wildman–Crippen MR) is 104 cm³/mol. The molecule has 0 aliphatic rings. The highest BCUT2D eigenvalue weighted by atomic mass is 19.1. The SMILES string of the molecule is CN(Cc1cc2cc(F)ccc2[nH]1)C(=O)N[C@H](Cn1ccnc1)C(C)(C)C. The minimum Gasteiger partial charge on any atom is -0.357 e. The first kappa shape index (κ1) is 18.9. The lowest BCUT2D eigenvalue weighted by atomic mass is 9.86. The van der Waals surface area contributed by atoms with Crippen LogP contribution in [0, 0.1) is 11.2 Å². The van der Waals surface area contributed by atoms with Crippen LogP contribution >= 0.6 is 0 Å². The Labute approximate surface area is 158 Å². The van der Waals surface area contributed by atoms with Gasteiger partial charge in [0.15, 0.2) is 0 Å². The molecule has 0 saturated heterocycles. The number of H-pyrrole nitrogens is 1. The predicted octanol–water partition coefficient (Wildman–Crippen LogP) is 3.76. The van der Waals surface area contributed by atoms with Gasteiger partial charge in [0.2, 0.25) is 0 Å². The molecule has 0 radical (unpaired) electrons. The number of fused-ring (bicyclic) bond motifs is 1. The van der Waals surface area contributed by atoms with Gasteiger partial charge in [-0.25, -0.2) is 14.2 Å². The lowest BCUT2D eigenvalue weighted by Gasteiger charge is -2.33. The number of imidazole rings is 1. The van der Waals surface area contributed by atoms with E-state index in [1.165, 1.54) is 12.1 Å². The molecule has 2 N–H and O–H groups in total. The highest BCUT2D eigenvalue weighted by molar-refractivity contribution is 5.80. The Balaban J connectivity index is 1.67. The molecule has 0 aliphatic carbocycles. The van der Waals surface area contributed by atoms with Crippen LogP contribution in [-0.2, 0) is 13.1 Å². The van der Waals surface area contributed by atoms with Gasteiger partial charge in [0.1, 0.15) is 5.82 Å². The zero-order chi connectivity index (χ0) is 19.6. The van der Waals surface area contributed by atoms with Crippen molar-refractivity contribution in [3.63, 3.8) is 0 Å². The summed E-state index contributed by atoms with van der Waals surface area (Å²) in [6.45, 7) is 7.35. The van der Waals surface area contributed by atoms with Crippen LogP contribution in [0.4, 0.5) is 9.18 Å². The van der Waals surface area contributed by atoms with Gasteiger partial charge in [0, 0.05) is 42.6 Å². The first-order valence-corrected chi connectivity index (χ1v) is 8.97. The number of aromatic amines is 1. The first-order valence-electron chi connectivity index (χ1n) is 8.97. The van der Waals surface area contributed by atoms with Crippen molar-refractivity contribution in [2.75, 3.05) is 7.05 Å². The highest BCUT2D eigenvalue weighted by Gasteiger charge is 2.27. The van der Waals surface area contributed by atoms with E-state index in [2.05, 4.69) is 36.1 Å². The second-order valence-corrected chi connectivity index (χ2v) is 8.01. The van der Waals surface area contributed by atoms with Crippen LogP contribution in [0.3, 0.4) is 0 Å². The summed E-state index contributed by atoms with van der Waals surface area (Å²) in [4.78, 5) is 21.6. The third kappa shape index (κ3) is 4.67. The highest BCUT2D eigenvalue weighted by Crippen LogP contribution is 2.21. The van der Waals surface area contributed by atoms with Crippen molar-refractivity contribution < 1.29 is 9.18 Å². The van der Waals surface area contributed by atoms with E-state index in [1.807, 2.05) is 16.8 Å². The number of hydrogen-bond acceptors (Lipinski definition) is 2. The van der Waals surface area contributed by atoms with Gasteiger partial charge in [0.25, 0.3) is 0 Å². The van der Waals surface area contributed by atoms with E-state index in [4.69, 9.17) is 0 Å². The normalized spacial score (nSPS) is 12.9. The Hall–Kier alpha value is -2.83. The van der Waals surface area contributed by atoms with E-state index in [9.17, 15) is 9.18 Å². The second-order valence-electron chi connectivity index (χ2n) is 8.01. The van der Waals surface area contributed by atoms with Gasteiger partial charge >= 0.3 is 6.03 Å². The molecule has 2 amide bonds. The second kappa shape index (κ2) is 7.42. The molecule has 0 fully saturated rings. The van der Waals surface area contributed by atoms with Gasteiger partial charge in [-0.15, -0.1) is 0 Å². The topological polar surface area (TPSA) is 66.0 Å². The van der Waals surface area contributed by atoms with Crippen LogP contribution in [0.15, 0.2) is 43.0 Å². The number of amides is 2. The average Bonchev–Trinajstić information content (AvgIpc) is 3.21. The molecule has 27 heavy (non-hydrogen) atoms. The van der Waals surface area contributed by atoms with Gasteiger partial charge in [-0.2, -0.15) is 0 Å². The quantitative estimate of drug-likeness (QED) is 0.717. The molecular formula is C20H26FN5O. The smallest absolute Gasteiger partial charge is 0.317 e. The summed E-state index contributed by atoms with van der Waals surface area (Å²) in [6.07, 6.45) is 5.36. The molecule has 7 heteroatoms. The van der Waals surface area contributed by atoms with E-state index >= 15 is 0 Å². The zero-order valence-electron chi connectivity index (χ0n) is 16.2. The van der Waals surface area contributed by atoms with Crippen LogP contribution in [0.25, 0.3) is 10.9 Å². The molecule has 144 valence electrons. The molecule has 0 spiro atoms. The van der Waals surface area contributed by atoms with Crippen molar-refractivity contribution in [3.05, 3.63) is 54.5 Å². The number of carbonyl (C=O) groups excluding carboxylic acids is 1. The van der Waals surface area contributed by atoms with Crippen LogP contribution < -0.4 is 5.32 Å².